The summed E-state index contributed by atoms with van der Waals surface area (Å²) in [5, 5.41) is 3.14. The average Bonchev–Trinajstić information content (AvgIpc) is 2.95. The Morgan fingerprint density at radius 3 is 2.50 bits per heavy atom. The molecule has 3 aromatic rings. The highest BCUT2D eigenvalue weighted by molar-refractivity contribution is 5.79. The van der Waals surface area contributed by atoms with Crippen LogP contribution in [-0.4, -0.2) is 80.7 Å². The van der Waals surface area contributed by atoms with Gasteiger partial charge in [0.15, 0.2) is 0 Å². The first-order chi connectivity index (χ1) is 18.6. The van der Waals surface area contributed by atoms with E-state index in [9.17, 15) is 4.79 Å². The molecule has 2 aliphatic heterocycles. The lowest BCUT2D eigenvalue weighted by molar-refractivity contribution is -0.132. The molecule has 200 valence electrons. The monoisotopic (exact) mass is 514 g/mol. The number of piperazine rings is 2. The Kier molecular flexibility index (Phi) is 8.41. The molecule has 0 saturated carbocycles. The van der Waals surface area contributed by atoms with Crippen molar-refractivity contribution in [1.29, 1.82) is 0 Å². The first-order valence-electron chi connectivity index (χ1n) is 13.4. The van der Waals surface area contributed by atoms with Gasteiger partial charge in [-0.15, -0.1) is 0 Å². The molecule has 2 fully saturated rings. The Labute approximate surface area is 225 Å². The molecule has 2 saturated heterocycles. The predicted molar refractivity (Wildman–Crippen MR) is 152 cm³/mol. The number of amides is 1. The fourth-order valence-electron chi connectivity index (χ4n) is 5.08. The van der Waals surface area contributed by atoms with Gasteiger partial charge in [0, 0.05) is 69.9 Å². The third kappa shape index (κ3) is 6.62. The van der Waals surface area contributed by atoms with Gasteiger partial charge in [-0.2, -0.15) is 0 Å². The number of nitrogens with one attached hydrogen (secondary N) is 1. The highest BCUT2D eigenvalue weighted by Gasteiger charge is 2.19. The van der Waals surface area contributed by atoms with Crippen LogP contribution in [0.5, 0.6) is 5.75 Å². The van der Waals surface area contributed by atoms with Crippen LogP contribution in [0.25, 0.3) is 0 Å². The SMILES string of the molecule is COc1cccc(CN(Cc2ccc(N3CCN(C)CC3)cc2)c2ccnc(CN3CCNCC3=O)c2)c1. The molecule has 1 N–H and O–H groups in total. The molecule has 0 unspecified atom stereocenters. The van der Waals surface area contributed by atoms with Gasteiger partial charge in [0.2, 0.25) is 5.91 Å². The number of likely N-dealkylation sites (N-methyl/N-ethyl adjacent to an activating group) is 1. The smallest absolute Gasteiger partial charge is 0.236 e. The quantitative estimate of drug-likeness (QED) is 0.471. The molecule has 0 aliphatic carbocycles. The van der Waals surface area contributed by atoms with Crippen LogP contribution in [-0.2, 0) is 24.4 Å². The van der Waals surface area contributed by atoms with E-state index < -0.39 is 0 Å². The van der Waals surface area contributed by atoms with E-state index in [0.29, 0.717) is 19.6 Å². The number of aromatic nitrogens is 1. The summed E-state index contributed by atoms with van der Waals surface area (Å²) in [6.07, 6.45) is 1.85. The predicted octanol–water partition coefficient (Wildman–Crippen LogP) is 2.98. The van der Waals surface area contributed by atoms with Gasteiger partial charge in [-0.3, -0.25) is 9.78 Å². The molecule has 0 radical (unpaired) electrons. The molecular formula is C30H38N6O2. The van der Waals surface area contributed by atoms with Crippen LogP contribution in [0.2, 0.25) is 0 Å². The number of methoxy groups -OCH3 is 1. The number of pyridine rings is 1. The molecule has 8 heteroatoms. The van der Waals surface area contributed by atoms with Crippen molar-refractivity contribution in [3.63, 3.8) is 0 Å². The van der Waals surface area contributed by atoms with Crippen LogP contribution >= 0.6 is 0 Å². The van der Waals surface area contributed by atoms with Gasteiger partial charge in [-0.25, -0.2) is 0 Å². The number of benzene rings is 2. The number of ether oxygens (including phenoxy) is 1. The van der Waals surface area contributed by atoms with Crippen molar-refractivity contribution in [3.8, 4) is 5.75 Å². The van der Waals surface area contributed by atoms with E-state index in [2.05, 4.69) is 80.6 Å². The number of carbonyl (C=O) groups excluding carboxylic acids is 1. The summed E-state index contributed by atoms with van der Waals surface area (Å²) < 4.78 is 5.47. The zero-order valence-electron chi connectivity index (χ0n) is 22.5. The average molecular weight is 515 g/mol. The molecule has 8 nitrogen and oxygen atoms in total. The molecule has 3 heterocycles. The van der Waals surface area contributed by atoms with E-state index in [1.807, 2.05) is 23.2 Å². The molecule has 0 spiro atoms. The highest BCUT2D eigenvalue weighted by Crippen LogP contribution is 2.25. The highest BCUT2D eigenvalue weighted by atomic mass is 16.5. The van der Waals surface area contributed by atoms with Gasteiger partial charge < -0.3 is 29.7 Å². The van der Waals surface area contributed by atoms with E-state index in [0.717, 1.165) is 62.9 Å². The molecule has 2 aromatic carbocycles. The number of anilines is 2. The Balaban J connectivity index is 1.36. The first kappa shape index (κ1) is 26.0. The summed E-state index contributed by atoms with van der Waals surface area (Å²) >= 11 is 0. The Bertz CT molecular complexity index is 1210. The number of hydrogen-bond acceptors (Lipinski definition) is 7. The van der Waals surface area contributed by atoms with Crippen LogP contribution in [0.15, 0.2) is 66.9 Å². The maximum absolute atomic E-state index is 12.3. The lowest BCUT2D eigenvalue weighted by Gasteiger charge is -2.34. The van der Waals surface area contributed by atoms with Gasteiger partial charge in [-0.1, -0.05) is 24.3 Å². The standard InChI is InChI=1S/C30H38N6O2/c1-33-14-16-34(17-15-33)27-8-6-24(7-9-27)21-36(22-25-4-3-5-29(18-25)38-2)28-10-11-32-26(19-28)23-35-13-12-31-20-30(35)37/h3-11,18-19,31H,12-17,20-23H2,1-2H3. The Hall–Kier alpha value is -3.62. The third-order valence-electron chi connectivity index (χ3n) is 7.39. The van der Waals surface area contributed by atoms with Gasteiger partial charge >= 0.3 is 0 Å². The second kappa shape index (κ2) is 12.3. The number of rotatable bonds is 9. The van der Waals surface area contributed by atoms with Gasteiger partial charge in [0.1, 0.15) is 5.75 Å². The second-order valence-electron chi connectivity index (χ2n) is 10.2. The van der Waals surface area contributed by atoms with Gasteiger partial charge in [-0.05, 0) is 54.6 Å². The largest absolute Gasteiger partial charge is 0.497 e. The number of carbonyl (C=O) groups is 1. The fraction of sp³-hybridized carbons (Fsp3) is 0.400. The third-order valence-corrected chi connectivity index (χ3v) is 7.39. The molecular weight excluding hydrogens is 476 g/mol. The molecule has 2 aliphatic rings. The second-order valence-corrected chi connectivity index (χ2v) is 10.2. The van der Waals surface area contributed by atoms with Gasteiger partial charge in [0.05, 0.1) is 25.9 Å². The van der Waals surface area contributed by atoms with Crippen molar-refractivity contribution in [3.05, 3.63) is 83.7 Å². The molecule has 5 rings (SSSR count). The maximum atomic E-state index is 12.3. The van der Waals surface area contributed by atoms with Crippen LogP contribution in [0.3, 0.4) is 0 Å². The minimum absolute atomic E-state index is 0.122. The zero-order chi connectivity index (χ0) is 26.3. The van der Waals surface area contributed by atoms with Crippen molar-refractivity contribution in [1.82, 2.24) is 20.1 Å². The van der Waals surface area contributed by atoms with Crippen molar-refractivity contribution in [2.75, 3.05) is 69.8 Å². The molecule has 0 bridgehead atoms. The van der Waals surface area contributed by atoms with E-state index in [4.69, 9.17) is 4.74 Å². The van der Waals surface area contributed by atoms with Crippen molar-refractivity contribution >= 4 is 17.3 Å². The summed E-state index contributed by atoms with van der Waals surface area (Å²) in [4.78, 5) is 26.0. The van der Waals surface area contributed by atoms with E-state index in [-0.39, 0.29) is 5.91 Å². The molecule has 0 atom stereocenters. The normalized spacial score (nSPS) is 16.5. The van der Waals surface area contributed by atoms with E-state index >= 15 is 0 Å². The van der Waals surface area contributed by atoms with Gasteiger partial charge in [0.25, 0.3) is 0 Å². The summed E-state index contributed by atoms with van der Waals surface area (Å²) in [6.45, 7) is 8.26. The summed E-state index contributed by atoms with van der Waals surface area (Å²) in [5.74, 6) is 0.976. The minimum Gasteiger partial charge on any atom is -0.497 e. The Morgan fingerprint density at radius 1 is 0.947 bits per heavy atom. The van der Waals surface area contributed by atoms with Crippen LogP contribution in [0.4, 0.5) is 11.4 Å². The molecule has 1 amide bonds. The van der Waals surface area contributed by atoms with Crippen LogP contribution < -0.4 is 19.9 Å². The zero-order valence-corrected chi connectivity index (χ0v) is 22.5. The summed E-state index contributed by atoms with van der Waals surface area (Å²) in [7, 11) is 3.88. The van der Waals surface area contributed by atoms with Crippen molar-refractivity contribution in [2.45, 2.75) is 19.6 Å². The number of hydrogen-bond donors (Lipinski definition) is 1. The fourth-order valence-corrected chi connectivity index (χ4v) is 5.08. The lowest BCUT2D eigenvalue weighted by atomic mass is 10.1. The lowest BCUT2D eigenvalue weighted by Crippen LogP contribution is -2.47. The van der Waals surface area contributed by atoms with E-state index in [1.165, 1.54) is 16.8 Å². The summed E-state index contributed by atoms with van der Waals surface area (Å²) in [6, 6.07) is 21.4. The van der Waals surface area contributed by atoms with Crippen LogP contribution in [0.1, 0.15) is 16.8 Å². The Morgan fingerprint density at radius 2 is 1.74 bits per heavy atom. The minimum atomic E-state index is 0.122. The van der Waals surface area contributed by atoms with E-state index in [1.54, 1.807) is 7.11 Å². The maximum Gasteiger partial charge on any atom is 0.236 e. The van der Waals surface area contributed by atoms with Crippen LogP contribution in [0, 0.1) is 0 Å². The van der Waals surface area contributed by atoms with Crippen molar-refractivity contribution < 1.29 is 9.53 Å². The number of nitrogens with zero attached hydrogens (tertiary/aromatic N) is 5. The molecule has 1 aromatic heterocycles. The summed E-state index contributed by atoms with van der Waals surface area (Å²) in [5.41, 5.74) is 5.70. The topological polar surface area (TPSA) is 64.2 Å². The molecule has 38 heavy (non-hydrogen) atoms. The first-order valence-corrected chi connectivity index (χ1v) is 13.4. The van der Waals surface area contributed by atoms with Crippen molar-refractivity contribution in [2.24, 2.45) is 0 Å².